The number of esters is 1. The molecular weight excluding hydrogens is 378 g/mol. The first-order chi connectivity index (χ1) is 13.5. The quantitative estimate of drug-likeness (QED) is 0.568. The summed E-state index contributed by atoms with van der Waals surface area (Å²) >= 11 is 0. The van der Waals surface area contributed by atoms with Gasteiger partial charge >= 0.3 is 12.1 Å². The fraction of sp³-hybridized carbons (Fsp3) is 0.500. The zero-order chi connectivity index (χ0) is 22.0. The Morgan fingerprint density at radius 1 is 1.07 bits per heavy atom. The Morgan fingerprint density at radius 2 is 1.69 bits per heavy atom. The molecule has 0 spiro atoms. The lowest BCUT2D eigenvalue weighted by Gasteiger charge is -2.19. The molecule has 1 rings (SSSR count). The number of anilines is 1. The molecule has 9 nitrogen and oxygen atoms in total. The molecule has 0 fully saturated rings. The number of carbonyl (C=O) groups is 4. The summed E-state index contributed by atoms with van der Waals surface area (Å²) in [4.78, 5) is 47.3. The highest BCUT2D eigenvalue weighted by atomic mass is 16.6. The van der Waals surface area contributed by atoms with Gasteiger partial charge in [0.05, 0.1) is 5.56 Å². The van der Waals surface area contributed by atoms with E-state index in [2.05, 4.69) is 16.0 Å². The monoisotopic (exact) mass is 407 g/mol. The van der Waals surface area contributed by atoms with Gasteiger partial charge in [0.25, 0.3) is 5.91 Å². The molecule has 0 heterocycles. The molecule has 3 amide bonds. The molecule has 0 saturated carbocycles. The molecule has 160 valence electrons. The van der Waals surface area contributed by atoms with Crippen LogP contribution in [0.2, 0.25) is 0 Å². The minimum atomic E-state index is -0.731. The summed E-state index contributed by atoms with van der Waals surface area (Å²) in [6, 6.07) is 5.20. The van der Waals surface area contributed by atoms with Crippen LogP contribution >= 0.6 is 0 Å². The van der Waals surface area contributed by atoms with Gasteiger partial charge in [0.15, 0.2) is 6.61 Å². The third-order valence-electron chi connectivity index (χ3n) is 3.42. The van der Waals surface area contributed by atoms with Crippen molar-refractivity contribution in [1.82, 2.24) is 10.6 Å². The smallest absolute Gasteiger partial charge is 0.412 e. The highest BCUT2D eigenvalue weighted by Crippen LogP contribution is 2.13. The second-order valence-electron chi connectivity index (χ2n) is 7.36. The van der Waals surface area contributed by atoms with Crippen LogP contribution in [0.3, 0.4) is 0 Å². The second kappa shape index (κ2) is 11.0. The van der Waals surface area contributed by atoms with Crippen molar-refractivity contribution in [2.24, 2.45) is 0 Å². The number of ether oxygens (including phenoxy) is 2. The summed E-state index contributed by atoms with van der Waals surface area (Å²) in [7, 11) is 0. The van der Waals surface area contributed by atoms with Crippen LogP contribution in [-0.2, 0) is 19.1 Å². The molecule has 1 atom stereocenters. The summed E-state index contributed by atoms with van der Waals surface area (Å²) in [6.45, 7) is 8.72. The van der Waals surface area contributed by atoms with Crippen molar-refractivity contribution in [3.05, 3.63) is 29.8 Å². The number of carbonyl (C=O) groups excluding carboxylic acids is 4. The maximum atomic E-state index is 12.0. The van der Waals surface area contributed by atoms with Crippen molar-refractivity contribution >= 4 is 29.6 Å². The van der Waals surface area contributed by atoms with Crippen LogP contribution in [0.5, 0.6) is 0 Å². The zero-order valence-electron chi connectivity index (χ0n) is 17.5. The minimum Gasteiger partial charge on any atom is -0.452 e. The summed E-state index contributed by atoms with van der Waals surface area (Å²) in [6.07, 6.45) is 0.178. The van der Waals surface area contributed by atoms with E-state index in [0.717, 1.165) is 6.42 Å². The predicted molar refractivity (Wildman–Crippen MR) is 107 cm³/mol. The van der Waals surface area contributed by atoms with Crippen LogP contribution in [0.15, 0.2) is 24.3 Å². The van der Waals surface area contributed by atoms with Crippen molar-refractivity contribution in [3.63, 3.8) is 0 Å². The molecule has 1 aromatic rings. The van der Waals surface area contributed by atoms with Gasteiger partial charge in [0.1, 0.15) is 11.6 Å². The molecule has 0 saturated heterocycles. The van der Waals surface area contributed by atoms with Crippen molar-refractivity contribution < 1.29 is 28.7 Å². The second-order valence-corrected chi connectivity index (χ2v) is 7.36. The molecule has 0 unspecified atom stereocenters. The van der Waals surface area contributed by atoms with Gasteiger partial charge in [-0.2, -0.15) is 0 Å². The van der Waals surface area contributed by atoms with E-state index < -0.39 is 36.2 Å². The van der Waals surface area contributed by atoms with Gasteiger partial charge in [0, 0.05) is 12.2 Å². The van der Waals surface area contributed by atoms with E-state index in [4.69, 9.17) is 9.47 Å². The first kappa shape index (κ1) is 23.9. The van der Waals surface area contributed by atoms with Gasteiger partial charge in [0.2, 0.25) is 5.91 Å². The number of rotatable bonds is 8. The molecule has 0 bridgehead atoms. The first-order valence-corrected chi connectivity index (χ1v) is 9.36. The maximum Gasteiger partial charge on any atom is 0.412 e. The summed E-state index contributed by atoms with van der Waals surface area (Å²) in [5.74, 6) is -1.59. The van der Waals surface area contributed by atoms with E-state index in [-0.39, 0.29) is 11.5 Å². The van der Waals surface area contributed by atoms with Crippen LogP contribution in [0.4, 0.5) is 10.5 Å². The van der Waals surface area contributed by atoms with Crippen LogP contribution < -0.4 is 16.0 Å². The fourth-order valence-electron chi connectivity index (χ4n) is 2.08. The van der Waals surface area contributed by atoms with Gasteiger partial charge < -0.3 is 20.1 Å². The lowest BCUT2D eigenvalue weighted by atomic mass is 10.2. The van der Waals surface area contributed by atoms with Crippen molar-refractivity contribution in [2.75, 3.05) is 18.5 Å². The molecule has 0 radical (unpaired) electrons. The normalized spacial score (nSPS) is 11.8. The fourth-order valence-corrected chi connectivity index (χ4v) is 2.08. The average molecular weight is 407 g/mol. The average Bonchev–Trinajstić information content (AvgIpc) is 2.63. The van der Waals surface area contributed by atoms with Crippen LogP contribution in [0, 0.1) is 0 Å². The van der Waals surface area contributed by atoms with Gasteiger partial charge in [-0.1, -0.05) is 6.92 Å². The Hall–Kier alpha value is -3.10. The Labute approximate surface area is 170 Å². The van der Waals surface area contributed by atoms with Gasteiger partial charge in [-0.25, -0.2) is 9.59 Å². The third kappa shape index (κ3) is 9.59. The molecular formula is C20H29N3O6. The Balaban J connectivity index is 2.47. The first-order valence-electron chi connectivity index (χ1n) is 9.36. The highest BCUT2D eigenvalue weighted by Gasteiger charge is 2.18. The molecule has 3 N–H and O–H groups in total. The molecule has 0 aromatic heterocycles. The van der Waals surface area contributed by atoms with E-state index >= 15 is 0 Å². The summed E-state index contributed by atoms with van der Waals surface area (Å²) in [5, 5.41) is 7.66. The molecule has 29 heavy (non-hydrogen) atoms. The minimum absolute atomic E-state index is 0.210. The highest BCUT2D eigenvalue weighted by molar-refractivity contribution is 5.93. The third-order valence-corrected chi connectivity index (χ3v) is 3.42. The maximum absolute atomic E-state index is 12.0. The van der Waals surface area contributed by atoms with Crippen molar-refractivity contribution in [1.29, 1.82) is 0 Å². The molecule has 0 aliphatic carbocycles. The number of hydrogen-bond acceptors (Lipinski definition) is 6. The molecule has 9 heteroatoms. The molecule has 1 aromatic carbocycles. The molecule has 0 aliphatic heterocycles. The van der Waals surface area contributed by atoms with E-state index in [0.29, 0.717) is 12.2 Å². The lowest BCUT2D eigenvalue weighted by molar-refractivity contribution is -0.130. The van der Waals surface area contributed by atoms with Gasteiger partial charge in [-0.3, -0.25) is 14.9 Å². The number of nitrogens with one attached hydrogen (secondary N) is 3. The number of benzene rings is 1. The van der Waals surface area contributed by atoms with Crippen molar-refractivity contribution in [3.8, 4) is 0 Å². The predicted octanol–water partition coefficient (Wildman–Crippen LogP) is 2.22. The molecule has 0 aliphatic rings. The standard InChI is InChI=1S/C20H29N3O6/c1-6-11-21-17(25)13(2)22-16(24)12-28-18(26)14-7-9-15(10-8-14)23-19(27)29-20(3,4)5/h7-10,13H,6,11-12H2,1-5H3,(H,21,25)(H,22,24)(H,23,27)/t13-/m1/s1. The van der Waals surface area contributed by atoms with E-state index in [9.17, 15) is 19.2 Å². The zero-order valence-corrected chi connectivity index (χ0v) is 17.5. The van der Waals surface area contributed by atoms with Crippen LogP contribution in [-0.4, -0.2) is 48.7 Å². The van der Waals surface area contributed by atoms with E-state index in [1.807, 2.05) is 6.92 Å². The summed E-state index contributed by atoms with van der Waals surface area (Å²) < 4.78 is 10.1. The summed E-state index contributed by atoms with van der Waals surface area (Å²) in [5.41, 5.74) is 0.0319. The van der Waals surface area contributed by atoms with E-state index in [1.165, 1.54) is 24.3 Å². The van der Waals surface area contributed by atoms with E-state index in [1.54, 1.807) is 27.7 Å². The van der Waals surface area contributed by atoms with Gasteiger partial charge in [-0.15, -0.1) is 0 Å². The Morgan fingerprint density at radius 3 is 2.24 bits per heavy atom. The van der Waals surface area contributed by atoms with Crippen LogP contribution in [0.25, 0.3) is 0 Å². The Bertz CT molecular complexity index is 725. The SMILES string of the molecule is CCCNC(=O)[C@@H](C)NC(=O)COC(=O)c1ccc(NC(=O)OC(C)(C)C)cc1. The lowest BCUT2D eigenvalue weighted by Crippen LogP contribution is -2.46. The van der Waals surface area contributed by atoms with Crippen molar-refractivity contribution in [2.45, 2.75) is 52.7 Å². The van der Waals surface area contributed by atoms with Gasteiger partial charge in [-0.05, 0) is 58.4 Å². The number of amides is 3. The number of hydrogen-bond donors (Lipinski definition) is 3. The largest absolute Gasteiger partial charge is 0.452 e. The topological polar surface area (TPSA) is 123 Å². The van der Waals surface area contributed by atoms with Crippen LogP contribution in [0.1, 0.15) is 51.4 Å². The Kier molecular flexibility index (Phi) is 9.11.